The summed E-state index contributed by atoms with van der Waals surface area (Å²) < 4.78 is 13.1. The summed E-state index contributed by atoms with van der Waals surface area (Å²) in [5, 5.41) is 14.2. The van der Waals surface area contributed by atoms with Crippen LogP contribution in [0.3, 0.4) is 0 Å². The van der Waals surface area contributed by atoms with Gasteiger partial charge in [0.25, 0.3) is 0 Å². The number of benzene rings is 1. The molecule has 1 aliphatic rings. The highest BCUT2D eigenvalue weighted by Crippen LogP contribution is 2.50. The summed E-state index contributed by atoms with van der Waals surface area (Å²) in [5.74, 6) is 0.894. The smallest absolute Gasteiger partial charge is 0.343 e. The molecule has 0 aliphatic heterocycles. The molecule has 0 radical (unpaired) electrons. The van der Waals surface area contributed by atoms with E-state index in [1.165, 1.54) is 24.4 Å². The minimum Gasteiger partial charge on any atom is -0.469 e. The van der Waals surface area contributed by atoms with Gasteiger partial charge in [-0.15, -0.1) is 11.8 Å². The lowest BCUT2D eigenvalue weighted by Crippen LogP contribution is -2.49. The van der Waals surface area contributed by atoms with Crippen molar-refractivity contribution in [2.45, 2.75) is 105 Å². The number of esters is 2. The molecule has 2 aromatic heterocycles. The number of ether oxygens (including phenoxy) is 2. The third-order valence-corrected chi connectivity index (χ3v) is 10.3. The second kappa shape index (κ2) is 12.9. The molecule has 0 spiro atoms. The van der Waals surface area contributed by atoms with Gasteiger partial charge in [0.15, 0.2) is 11.5 Å². The van der Waals surface area contributed by atoms with Gasteiger partial charge in [0.1, 0.15) is 28.3 Å². The van der Waals surface area contributed by atoms with Gasteiger partial charge in [0.2, 0.25) is 0 Å². The fourth-order valence-corrected chi connectivity index (χ4v) is 7.58. The van der Waals surface area contributed by atoms with Crippen LogP contribution in [0.25, 0.3) is 17.0 Å². The zero-order chi connectivity index (χ0) is 33.5. The molecule has 2 heterocycles. The van der Waals surface area contributed by atoms with Crippen LogP contribution in [0.15, 0.2) is 29.3 Å². The van der Waals surface area contributed by atoms with Crippen LogP contribution in [0.2, 0.25) is 0 Å². The minimum atomic E-state index is -0.534. The van der Waals surface area contributed by atoms with Crippen LogP contribution in [0.5, 0.6) is 0 Å². The first-order valence-corrected chi connectivity index (χ1v) is 16.9. The summed E-state index contributed by atoms with van der Waals surface area (Å²) >= 11 is 1.31. The summed E-state index contributed by atoms with van der Waals surface area (Å²) in [6.45, 7) is 22.1. The average Bonchev–Trinajstić information content (AvgIpc) is 3.49. The third-order valence-electron chi connectivity index (χ3n) is 9.22. The van der Waals surface area contributed by atoms with Crippen LogP contribution in [0, 0.1) is 39.9 Å². The van der Waals surface area contributed by atoms with Crippen LogP contribution in [0.1, 0.15) is 110 Å². The molecule has 1 saturated carbocycles. The van der Waals surface area contributed by atoms with Crippen molar-refractivity contribution in [2.75, 3.05) is 12.9 Å². The normalized spacial score (nSPS) is 21.0. The van der Waals surface area contributed by atoms with Crippen LogP contribution in [0.4, 0.5) is 0 Å². The Morgan fingerprint density at radius 3 is 2.09 bits per heavy atom. The maximum atomic E-state index is 14.4. The number of methoxy groups -OCH3 is 1. The Morgan fingerprint density at radius 1 is 1.02 bits per heavy atom. The number of aromatic nitrogens is 3. The number of hydrogen-bond donors (Lipinski definition) is 1. The van der Waals surface area contributed by atoms with E-state index in [1.807, 2.05) is 12.1 Å². The van der Waals surface area contributed by atoms with Crippen molar-refractivity contribution in [3.05, 3.63) is 41.0 Å². The predicted molar refractivity (Wildman–Crippen MR) is 179 cm³/mol. The van der Waals surface area contributed by atoms with Crippen molar-refractivity contribution in [3.63, 3.8) is 0 Å². The van der Waals surface area contributed by atoms with Crippen molar-refractivity contribution >= 4 is 29.3 Å². The predicted octanol–water partition coefficient (Wildman–Crippen LogP) is 8.43. The zero-order valence-corrected chi connectivity index (χ0v) is 29.6. The Hall–Kier alpha value is -3.25. The number of H-pyrrole nitrogens is 1. The molecular weight excluding hydrogens is 584 g/mol. The van der Waals surface area contributed by atoms with E-state index in [0.29, 0.717) is 28.2 Å². The summed E-state index contributed by atoms with van der Waals surface area (Å²) in [6.07, 6.45) is 1.79. The van der Waals surface area contributed by atoms with E-state index in [2.05, 4.69) is 92.5 Å². The number of aromatic amines is 1. The molecule has 0 amide bonds. The number of rotatable bonds is 7. The highest BCUT2D eigenvalue weighted by atomic mass is 32.2. The van der Waals surface area contributed by atoms with E-state index < -0.39 is 5.97 Å². The Labute approximate surface area is 272 Å². The number of nitriles is 1. The Bertz CT molecular complexity index is 1550. The fourth-order valence-electron chi connectivity index (χ4n) is 6.56. The maximum Gasteiger partial charge on any atom is 0.343 e. The minimum absolute atomic E-state index is 0.00350. The first kappa shape index (κ1) is 34.6. The van der Waals surface area contributed by atoms with Gasteiger partial charge in [0.05, 0.1) is 13.5 Å². The molecule has 1 fully saturated rings. The van der Waals surface area contributed by atoms with Crippen LogP contribution >= 0.6 is 11.8 Å². The number of carbonyl (C=O) groups is 2. The quantitative estimate of drug-likeness (QED) is 0.205. The van der Waals surface area contributed by atoms with E-state index in [9.17, 15) is 14.9 Å². The molecule has 1 N–H and O–H groups in total. The van der Waals surface area contributed by atoms with Gasteiger partial charge in [-0.05, 0) is 40.6 Å². The number of nitrogens with one attached hydrogen (secondary N) is 1. The van der Waals surface area contributed by atoms with Crippen LogP contribution < -0.4 is 0 Å². The summed E-state index contributed by atoms with van der Waals surface area (Å²) in [7, 11) is 1.35. The van der Waals surface area contributed by atoms with Crippen LogP contribution in [-0.2, 0) is 19.7 Å². The average molecular weight is 635 g/mol. The third kappa shape index (κ3) is 7.43. The number of thioether (sulfide) groups is 1. The van der Waals surface area contributed by atoms with E-state index in [-0.39, 0.29) is 57.7 Å². The fraction of sp³-hybridized carbons (Fsp3) is 0.611. The summed E-state index contributed by atoms with van der Waals surface area (Å²) in [5.41, 5.74) is 2.60. The molecule has 4 rings (SSSR count). The summed E-state index contributed by atoms with van der Waals surface area (Å²) in [6, 6.07) is 10.5. The molecule has 9 heteroatoms. The molecule has 3 aromatic rings. The largest absolute Gasteiger partial charge is 0.469 e. The molecule has 1 aliphatic carbocycles. The van der Waals surface area contributed by atoms with E-state index in [4.69, 9.17) is 14.5 Å². The number of fused-ring (bicyclic) bond motifs is 1. The lowest BCUT2D eigenvalue weighted by Gasteiger charge is -2.50. The second-order valence-electron chi connectivity index (χ2n) is 15.8. The van der Waals surface area contributed by atoms with Crippen molar-refractivity contribution in [2.24, 2.45) is 28.6 Å². The Kier molecular flexibility index (Phi) is 9.90. The van der Waals surface area contributed by atoms with Gasteiger partial charge >= 0.3 is 11.9 Å². The maximum absolute atomic E-state index is 14.4. The van der Waals surface area contributed by atoms with Gasteiger partial charge in [-0.3, -0.25) is 9.89 Å². The number of carbonyl (C=O) groups excluding carboxylic acids is 2. The standard InChI is InChI=1S/C36H50N4O4S/c1-21-18-25(35(5,6)7)29(26(19-21)36(8,9)10)44-33(42)28-24(20-37)32(45-17-16-27(41)43-11)40-31(28)38-30(39-40)22-12-14-23(15-13-22)34(2,3)4/h12-15,21,25-26,29H,16-19H2,1-11H3,(H,38,39). The van der Waals surface area contributed by atoms with E-state index >= 15 is 0 Å². The SMILES string of the molecule is COC(=O)CCSc1c(C#N)c(C(=O)OC2C(C(C)(C)C)CC(C)CC2C(C)(C)C)c2nc(-c3ccc(C(C)(C)C)cc3)[nH]n12. The molecule has 2 unspecified atom stereocenters. The monoisotopic (exact) mass is 634 g/mol. The Balaban J connectivity index is 1.82. The summed E-state index contributed by atoms with van der Waals surface area (Å²) in [4.78, 5) is 31.1. The van der Waals surface area contributed by atoms with Crippen molar-refractivity contribution in [1.82, 2.24) is 14.6 Å². The number of hydrogen-bond acceptors (Lipinski definition) is 7. The molecule has 1 aromatic carbocycles. The van der Waals surface area contributed by atoms with Gasteiger partial charge in [-0.2, -0.15) is 5.26 Å². The molecule has 8 nitrogen and oxygen atoms in total. The van der Waals surface area contributed by atoms with E-state index in [1.54, 1.807) is 4.52 Å². The molecule has 2 atom stereocenters. The molecular formula is C36H50N4O4S. The first-order valence-electron chi connectivity index (χ1n) is 15.9. The zero-order valence-electron chi connectivity index (χ0n) is 28.8. The Morgan fingerprint density at radius 2 is 1.60 bits per heavy atom. The molecule has 0 saturated heterocycles. The first-order chi connectivity index (χ1) is 20.9. The molecule has 244 valence electrons. The topological polar surface area (TPSA) is 109 Å². The van der Waals surface area contributed by atoms with Gasteiger partial charge in [-0.1, -0.05) is 93.5 Å². The molecule has 45 heavy (non-hydrogen) atoms. The highest BCUT2D eigenvalue weighted by Gasteiger charge is 2.48. The number of nitrogens with zero attached hydrogens (tertiary/aromatic N) is 3. The van der Waals surface area contributed by atoms with Gasteiger partial charge < -0.3 is 9.47 Å². The van der Waals surface area contributed by atoms with Gasteiger partial charge in [0, 0.05) is 23.2 Å². The van der Waals surface area contributed by atoms with Crippen molar-refractivity contribution in [3.8, 4) is 17.5 Å². The highest BCUT2D eigenvalue weighted by molar-refractivity contribution is 7.99. The van der Waals surface area contributed by atoms with Crippen molar-refractivity contribution in [1.29, 1.82) is 5.26 Å². The lowest BCUT2D eigenvalue weighted by molar-refractivity contribution is -0.140. The second-order valence-corrected chi connectivity index (χ2v) is 16.9. The van der Waals surface area contributed by atoms with Crippen LogP contribution in [-0.4, -0.2) is 45.5 Å². The van der Waals surface area contributed by atoms with E-state index in [0.717, 1.165) is 18.4 Å². The van der Waals surface area contributed by atoms with Crippen molar-refractivity contribution < 1.29 is 19.1 Å². The van der Waals surface area contributed by atoms with Gasteiger partial charge in [-0.25, -0.2) is 14.3 Å². The lowest BCUT2D eigenvalue weighted by atomic mass is 9.59. The molecule has 0 bridgehead atoms.